The van der Waals surface area contributed by atoms with Crippen LogP contribution in [-0.4, -0.2) is 37.2 Å². The molecule has 0 fully saturated rings. The van der Waals surface area contributed by atoms with Gasteiger partial charge in [0, 0.05) is 19.3 Å². The lowest BCUT2D eigenvalue weighted by atomic mass is 10.0. The summed E-state index contributed by atoms with van der Waals surface area (Å²) in [6.07, 6.45) is 82.3. The van der Waals surface area contributed by atoms with Crippen molar-refractivity contribution in [3.8, 4) is 0 Å². The van der Waals surface area contributed by atoms with Crippen LogP contribution in [-0.2, 0) is 28.6 Å². The minimum Gasteiger partial charge on any atom is -0.462 e. The van der Waals surface area contributed by atoms with Crippen molar-refractivity contribution >= 4 is 17.9 Å². The van der Waals surface area contributed by atoms with Crippen LogP contribution in [0.15, 0.2) is 36.5 Å². The zero-order valence-electron chi connectivity index (χ0n) is 52.0. The van der Waals surface area contributed by atoms with E-state index >= 15 is 0 Å². The molecule has 1 atom stereocenters. The van der Waals surface area contributed by atoms with Gasteiger partial charge in [0.1, 0.15) is 13.2 Å². The Morgan fingerprint density at radius 3 is 0.740 bits per heavy atom. The Morgan fingerprint density at radius 2 is 0.468 bits per heavy atom. The highest BCUT2D eigenvalue weighted by Crippen LogP contribution is 2.18. The molecule has 0 aromatic carbocycles. The predicted molar refractivity (Wildman–Crippen MR) is 335 cm³/mol. The Kier molecular flexibility index (Phi) is 64.1. The van der Waals surface area contributed by atoms with Crippen molar-refractivity contribution < 1.29 is 28.6 Å². The van der Waals surface area contributed by atoms with Gasteiger partial charge in [-0.2, -0.15) is 0 Å². The van der Waals surface area contributed by atoms with Crippen LogP contribution >= 0.6 is 0 Å². The Labute approximate surface area is 480 Å². The number of allylic oxidation sites excluding steroid dienone is 6. The van der Waals surface area contributed by atoms with Gasteiger partial charge in [0.05, 0.1) is 0 Å². The molecule has 0 radical (unpaired) electrons. The van der Waals surface area contributed by atoms with Crippen molar-refractivity contribution in [2.24, 2.45) is 0 Å². The fourth-order valence-corrected chi connectivity index (χ4v) is 10.4. The van der Waals surface area contributed by atoms with Crippen LogP contribution in [0.2, 0.25) is 0 Å². The number of hydrogen-bond acceptors (Lipinski definition) is 6. The molecule has 0 rings (SSSR count). The minimum absolute atomic E-state index is 0.0710. The highest BCUT2D eigenvalue weighted by Gasteiger charge is 2.19. The van der Waals surface area contributed by atoms with E-state index in [2.05, 4.69) is 57.2 Å². The summed E-state index contributed by atoms with van der Waals surface area (Å²) in [5, 5.41) is 0. The van der Waals surface area contributed by atoms with E-state index in [-0.39, 0.29) is 31.1 Å². The van der Waals surface area contributed by atoms with Crippen molar-refractivity contribution in [3.63, 3.8) is 0 Å². The first kappa shape index (κ1) is 74.6. The maximum absolute atomic E-state index is 12.8. The topological polar surface area (TPSA) is 78.9 Å². The standard InChI is InChI=1S/C71H132O6/c1-4-7-10-13-16-18-20-22-24-26-28-29-30-31-32-33-34-35-36-37-38-39-40-41-42-43-44-46-47-49-51-53-55-58-61-64-70(73)76-67-68(66-75-69(72)63-60-57-15-12-9-6-3)77-71(74)65-62-59-56-54-52-50-48-45-27-25-23-21-19-17-14-11-8-5-2/h19,21,25-28,68H,4-18,20,22-24,29-67H2,1-3H3/b21-19-,27-25-,28-26-. The summed E-state index contributed by atoms with van der Waals surface area (Å²) in [6, 6.07) is 0. The van der Waals surface area contributed by atoms with Crippen molar-refractivity contribution in [1.82, 2.24) is 0 Å². The summed E-state index contributed by atoms with van der Waals surface area (Å²) < 4.78 is 16.8. The first-order valence-corrected chi connectivity index (χ1v) is 34.5. The van der Waals surface area contributed by atoms with Crippen LogP contribution in [0.5, 0.6) is 0 Å². The van der Waals surface area contributed by atoms with Crippen LogP contribution in [0.1, 0.15) is 380 Å². The summed E-state index contributed by atoms with van der Waals surface area (Å²) in [4.78, 5) is 38.0. The van der Waals surface area contributed by atoms with E-state index in [9.17, 15) is 14.4 Å². The monoisotopic (exact) mass is 1080 g/mol. The molecule has 6 nitrogen and oxygen atoms in total. The Hall–Kier alpha value is -2.37. The minimum atomic E-state index is -0.771. The molecule has 0 aliphatic heterocycles. The lowest BCUT2D eigenvalue weighted by Crippen LogP contribution is -2.30. The van der Waals surface area contributed by atoms with Gasteiger partial charge in [-0.1, -0.05) is 320 Å². The lowest BCUT2D eigenvalue weighted by Gasteiger charge is -2.18. The number of carbonyl (C=O) groups is 3. The molecule has 0 aliphatic rings. The zero-order chi connectivity index (χ0) is 55.7. The first-order valence-electron chi connectivity index (χ1n) is 34.5. The normalized spacial score (nSPS) is 12.2. The molecule has 0 heterocycles. The Bertz CT molecular complexity index is 1290. The quantitative estimate of drug-likeness (QED) is 0.0261. The second kappa shape index (κ2) is 66.1. The molecule has 0 aromatic heterocycles. The molecule has 0 saturated carbocycles. The van der Waals surface area contributed by atoms with Crippen LogP contribution in [0.4, 0.5) is 0 Å². The fraction of sp³-hybridized carbons (Fsp3) is 0.873. The van der Waals surface area contributed by atoms with Gasteiger partial charge in [-0.05, 0) is 77.0 Å². The van der Waals surface area contributed by atoms with Crippen LogP contribution < -0.4 is 0 Å². The number of ether oxygens (including phenoxy) is 3. The maximum Gasteiger partial charge on any atom is 0.306 e. The van der Waals surface area contributed by atoms with Gasteiger partial charge in [0.25, 0.3) is 0 Å². The highest BCUT2D eigenvalue weighted by atomic mass is 16.6. The van der Waals surface area contributed by atoms with Crippen molar-refractivity contribution in [2.45, 2.75) is 386 Å². The Morgan fingerprint density at radius 1 is 0.260 bits per heavy atom. The van der Waals surface area contributed by atoms with E-state index in [0.29, 0.717) is 19.3 Å². The van der Waals surface area contributed by atoms with Gasteiger partial charge in [0.15, 0.2) is 6.10 Å². The number of rotatable bonds is 64. The second-order valence-corrected chi connectivity index (χ2v) is 23.4. The van der Waals surface area contributed by atoms with E-state index in [1.807, 2.05) is 0 Å². The SMILES string of the molecule is CCCCCC/C=C\C/C=C\CCCCCCCCCC(=O)OC(COC(=O)CCCCCCCC)COC(=O)CCCCCCCCCCCCCCCCCCCCCCCCC/C=C\CCCCCCCCCC. The number of esters is 3. The third-order valence-corrected chi connectivity index (χ3v) is 15.6. The molecule has 0 bridgehead atoms. The van der Waals surface area contributed by atoms with E-state index in [1.165, 1.54) is 270 Å². The van der Waals surface area contributed by atoms with Gasteiger partial charge in [0.2, 0.25) is 0 Å². The van der Waals surface area contributed by atoms with Crippen molar-refractivity contribution in [1.29, 1.82) is 0 Å². The largest absolute Gasteiger partial charge is 0.462 e. The summed E-state index contributed by atoms with van der Waals surface area (Å²) in [6.45, 7) is 6.61. The molecule has 0 spiro atoms. The summed E-state index contributed by atoms with van der Waals surface area (Å²) in [5.41, 5.74) is 0. The van der Waals surface area contributed by atoms with E-state index < -0.39 is 6.10 Å². The van der Waals surface area contributed by atoms with Crippen LogP contribution in [0, 0.1) is 0 Å². The van der Waals surface area contributed by atoms with E-state index in [1.54, 1.807) is 0 Å². The summed E-state index contributed by atoms with van der Waals surface area (Å²) in [5.74, 6) is -0.868. The molecule has 0 aromatic rings. The molecular formula is C71H132O6. The molecule has 0 aliphatic carbocycles. The molecule has 1 unspecified atom stereocenters. The molecule has 77 heavy (non-hydrogen) atoms. The second-order valence-electron chi connectivity index (χ2n) is 23.4. The average molecular weight is 1080 g/mol. The van der Waals surface area contributed by atoms with Gasteiger partial charge >= 0.3 is 17.9 Å². The van der Waals surface area contributed by atoms with Crippen molar-refractivity contribution in [3.05, 3.63) is 36.5 Å². The van der Waals surface area contributed by atoms with E-state index in [4.69, 9.17) is 14.2 Å². The molecule has 452 valence electrons. The van der Waals surface area contributed by atoms with Crippen LogP contribution in [0.3, 0.4) is 0 Å². The third kappa shape index (κ3) is 64.3. The molecular weight excluding hydrogens is 949 g/mol. The van der Waals surface area contributed by atoms with Crippen LogP contribution in [0.25, 0.3) is 0 Å². The first-order chi connectivity index (χ1) is 38.0. The number of hydrogen-bond donors (Lipinski definition) is 0. The third-order valence-electron chi connectivity index (χ3n) is 15.6. The number of carbonyl (C=O) groups excluding carboxylic acids is 3. The number of unbranched alkanes of at least 4 members (excludes halogenated alkanes) is 47. The Balaban J connectivity index is 3.90. The maximum atomic E-state index is 12.8. The predicted octanol–water partition coefficient (Wildman–Crippen LogP) is 23.6. The van der Waals surface area contributed by atoms with Gasteiger partial charge in [-0.3, -0.25) is 14.4 Å². The zero-order valence-corrected chi connectivity index (χ0v) is 52.0. The summed E-state index contributed by atoms with van der Waals surface area (Å²) >= 11 is 0. The summed E-state index contributed by atoms with van der Waals surface area (Å²) in [7, 11) is 0. The fourth-order valence-electron chi connectivity index (χ4n) is 10.4. The van der Waals surface area contributed by atoms with Gasteiger partial charge < -0.3 is 14.2 Å². The van der Waals surface area contributed by atoms with Gasteiger partial charge in [-0.25, -0.2) is 0 Å². The molecule has 0 saturated heterocycles. The van der Waals surface area contributed by atoms with E-state index in [0.717, 1.165) is 70.6 Å². The van der Waals surface area contributed by atoms with Gasteiger partial charge in [-0.15, -0.1) is 0 Å². The lowest BCUT2D eigenvalue weighted by molar-refractivity contribution is -0.167. The average Bonchev–Trinajstić information content (AvgIpc) is 3.43. The molecule has 0 N–H and O–H groups in total. The molecule has 6 heteroatoms. The van der Waals surface area contributed by atoms with Crippen molar-refractivity contribution in [2.75, 3.05) is 13.2 Å². The smallest absolute Gasteiger partial charge is 0.306 e. The molecule has 0 amide bonds. The highest BCUT2D eigenvalue weighted by molar-refractivity contribution is 5.71.